The summed E-state index contributed by atoms with van der Waals surface area (Å²) in [7, 11) is 0. The number of halogens is 2. The Morgan fingerprint density at radius 2 is 2.05 bits per heavy atom. The largest absolute Gasteiger partial charge is 0.488 e. The van der Waals surface area contributed by atoms with Gasteiger partial charge in [0.1, 0.15) is 11.9 Å². The minimum Gasteiger partial charge on any atom is -0.488 e. The second kappa shape index (κ2) is 6.96. The molecule has 19 heavy (non-hydrogen) atoms. The van der Waals surface area contributed by atoms with Crippen LogP contribution in [0.1, 0.15) is 39.2 Å². The number of benzene rings is 1. The summed E-state index contributed by atoms with van der Waals surface area (Å²) in [4.78, 5) is 0. The lowest BCUT2D eigenvalue weighted by molar-refractivity contribution is 0.166. The van der Waals surface area contributed by atoms with Gasteiger partial charge in [0.2, 0.25) is 0 Å². The molecule has 2 nitrogen and oxygen atoms in total. The topological polar surface area (TPSA) is 21.3 Å². The first kappa shape index (κ1) is 16.8. The lowest BCUT2D eigenvalue weighted by Gasteiger charge is -2.25. The van der Waals surface area contributed by atoms with Crippen molar-refractivity contribution in [1.82, 2.24) is 5.32 Å². The van der Waals surface area contributed by atoms with Gasteiger partial charge in [-0.25, -0.2) is 0 Å². The van der Waals surface area contributed by atoms with Crippen LogP contribution < -0.4 is 10.1 Å². The molecule has 1 unspecified atom stereocenters. The number of piperidine rings is 1. The summed E-state index contributed by atoms with van der Waals surface area (Å²) >= 11 is 3.62. The van der Waals surface area contributed by atoms with E-state index >= 15 is 0 Å². The van der Waals surface area contributed by atoms with Crippen LogP contribution >= 0.6 is 28.3 Å². The van der Waals surface area contributed by atoms with E-state index in [4.69, 9.17) is 4.74 Å². The van der Waals surface area contributed by atoms with Gasteiger partial charge in [0.25, 0.3) is 0 Å². The number of rotatable bonds is 2. The van der Waals surface area contributed by atoms with Crippen LogP contribution in [0.25, 0.3) is 0 Å². The maximum absolute atomic E-state index is 6.04. The minimum atomic E-state index is 0. The van der Waals surface area contributed by atoms with E-state index < -0.39 is 0 Å². The number of hydrogen-bond donors (Lipinski definition) is 1. The van der Waals surface area contributed by atoms with Crippen molar-refractivity contribution in [3.8, 4) is 5.75 Å². The highest BCUT2D eigenvalue weighted by atomic mass is 79.9. The molecule has 1 aromatic rings. The molecule has 1 fully saturated rings. The van der Waals surface area contributed by atoms with E-state index in [0.717, 1.165) is 29.7 Å². The van der Waals surface area contributed by atoms with Crippen LogP contribution in [0.3, 0.4) is 0 Å². The molecule has 1 aliphatic heterocycles. The van der Waals surface area contributed by atoms with E-state index in [1.54, 1.807) is 0 Å². The van der Waals surface area contributed by atoms with Crippen LogP contribution in [-0.2, 0) is 5.41 Å². The summed E-state index contributed by atoms with van der Waals surface area (Å²) in [5.41, 5.74) is 1.50. The molecule has 1 heterocycles. The Morgan fingerprint density at radius 1 is 1.32 bits per heavy atom. The van der Waals surface area contributed by atoms with Crippen LogP contribution in [-0.4, -0.2) is 19.2 Å². The zero-order valence-electron chi connectivity index (χ0n) is 11.8. The molecule has 0 amide bonds. The Bertz CT molecular complexity index is 411. The molecule has 1 atom stereocenters. The summed E-state index contributed by atoms with van der Waals surface area (Å²) in [6, 6.07) is 6.42. The van der Waals surface area contributed by atoms with Crippen LogP contribution in [0.5, 0.6) is 5.75 Å². The predicted octanol–water partition coefficient (Wildman–Crippen LogP) is 4.30. The first-order valence-electron chi connectivity index (χ1n) is 6.64. The molecule has 1 aliphatic rings. The Morgan fingerprint density at radius 3 is 2.58 bits per heavy atom. The summed E-state index contributed by atoms with van der Waals surface area (Å²) in [6.45, 7) is 8.73. The average molecular weight is 349 g/mol. The molecule has 4 heteroatoms. The van der Waals surface area contributed by atoms with E-state index in [0.29, 0.717) is 6.10 Å². The molecule has 2 rings (SSSR count). The second-order valence-electron chi connectivity index (χ2n) is 5.98. The van der Waals surface area contributed by atoms with Crippen molar-refractivity contribution in [3.63, 3.8) is 0 Å². The maximum atomic E-state index is 6.04. The lowest BCUT2D eigenvalue weighted by Crippen LogP contribution is -2.37. The van der Waals surface area contributed by atoms with Gasteiger partial charge in [0.15, 0.2) is 0 Å². The Labute approximate surface area is 130 Å². The summed E-state index contributed by atoms with van der Waals surface area (Å²) in [6.07, 6.45) is 2.64. The van der Waals surface area contributed by atoms with Gasteiger partial charge in [-0.1, -0.05) is 26.8 Å². The normalized spacial score (nSPS) is 19.7. The van der Waals surface area contributed by atoms with E-state index in [9.17, 15) is 0 Å². The van der Waals surface area contributed by atoms with Crippen LogP contribution in [0.4, 0.5) is 0 Å². The fraction of sp³-hybridized carbons (Fsp3) is 0.600. The smallest absolute Gasteiger partial charge is 0.133 e. The molecule has 0 radical (unpaired) electrons. The van der Waals surface area contributed by atoms with Crippen molar-refractivity contribution >= 4 is 28.3 Å². The third-order valence-electron chi connectivity index (χ3n) is 3.34. The maximum Gasteiger partial charge on any atom is 0.133 e. The molecule has 1 aromatic carbocycles. The van der Waals surface area contributed by atoms with Gasteiger partial charge >= 0.3 is 0 Å². The summed E-state index contributed by atoms with van der Waals surface area (Å²) in [5, 5.41) is 3.37. The van der Waals surface area contributed by atoms with Gasteiger partial charge in [-0.15, -0.1) is 12.4 Å². The Hall–Kier alpha value is -0.250. The quantitative estimate of drug-likeness (QED) is 0.860. The fourth-order valence-corrected chi connectivity index (χ4v) is 2.64. The molecule has 0 bridgehead atoms. The molecular weight excluding hydrogens is 326 g/mol. The number of hydrogen-bond acceptors (Lipinski definition) is 2. The van der Waals surface area contributed by atoms with Crippen LogP contribution in [0.2, 0.25) is 0 Å². The summed E-state index contributed by atoms with van der Waals surface area (Å²) < 4.78 is 7.10. The third-order valence-corrected chi connectivity index (χ3v) is 3.96. The van der Waals surface area contributed by atoms with Crippen molar-refractivity contribution in [2.45, 2.75) is 45.1 Å². The van der Waals surface area contributed by atoms with Gasteiger partial charge < -0.3 is 10.1 Å². The van der Waals surface area contributed by atoms with Gasteiger partial charge in [-0.05, 0) is 58.4 Å². The Kier molecular flexibility index (Phi) is 6.15. The molecule has 0 saturated carbocycles. The van der Waals surface area contributed by atoms with E-state index in [-0.39, 0.29) is 17.8 Å². The number of ether oxygens (including phenoxy) is 1. The standard InChI is InChI=1S/C15H22BrNO.ClH/c1-15(2,3)11-6-7-14(13(16)9-11)18-12-5-4-8-17-10-12;/h6-7,9,12,17H,4-5,8,10H2,1-3H3;1H. The van der Waals surface area contributed by atoms with Crippen molar-refractivity contribution in [2.24, 2.45) is 0 Å². The van der Waals surface area contributed by atoms with Crippen molar-refractivity contribution in [1.29, 1.82) is 0 Å². The molecule has 108 valence electrons. The molecular formula is C15H23BrClNO. The second-order valence-corrected chi connectivity index (χ2v) is 6.84. The van der Waals surface area contributed by atoms with Gasteiger partial charge in [0, 0.05) is 6.54 Å². The molecule has 0 aromatic heterocycles. The first-order chi connectivity index (χ1) is 8.47. The zero-order chi connectivity index (χ0) is 13.2. The molecule has 1 N–H and O–H groups in total. The molecule has 0 aliphatic carbocycles. The first-order valence-corrected chi connectivity index (χ1v) is 7.43. The Balaban J connectivity index is 0.00000180. The van der Waals surface area contributed by atoms with Gasteiger partial charge in [-0.2, -0.15) is 0 Å². The average Bonchev–Trinajstić information content (AvgIpc) is 2.32. The molecule has 0 spiro atoms. The van der Waals surface area contributed by atoms with Crippen molar-refractivity contribution < 1.29 is 4.74 Å². The highest BCUT2D eigenvalue weighted by molar-refractivity contribution is 9.10. The van der Waals surface area contributed by atoms with E-state index in [1.807, 2.05) is 0 Å². The number of nitrogens with one attached hydrogen (secondary N) is 1. The monoisotopic (exact) mass is 347 g/mol. The predicted molar refractivity (Wildman–Crippen MR) is 86.6 cm³/mol. The minimum absolute atomic E-state index is 0. The SMILES string of the molecule is CC(C)(C)c1ccc(OC2CCCNC2)c(Br)c1.Cl. The van der Waals surface area contributed by atoms with E-state index in [1.165, 1.54) is 12.0 Å². The van der Waals surface area contributed by atoms with Crippen molar-refractivity contribution in [2.75, 3.05) is 13.1 Å². The van der Waals surface area contributed by atoms with E-state index in [2.05, 4.69) is 60.2 Å². The van der Waals surface area contributed by atoms with Crippen molar-refractivity contribution in [3.05, 3.63) is 28.2 Å². The third kappa shape index (κ3) is 4.66. The van der Waals surface area contributed by atoms with Crippen LogP contribution in [0, 0.1) is 0 Å². The highest BCUT2D eigenvalue weighted by Gasteiger charge is 2.18. The van der Waals surface area contributed by atoms with Gasteiger partial charge in [-0.3, -0.25) is 0 Å². The highest BCUT2D eigenvalue weighted by Crippen LogP contribution is 2.32. The zero-order valence-corrected chi connectivity index (χ0v) is 14.2. The molecule has 1 saturated heterocycles. The fourth-order valence-electron chi connectivity index (χ4n) is 2.16. The lowest BCUT2D eigenvalue weighted by atomic mass is 9.87. The van der Waals surface area contributed by atoms with Gasteiger partial charge in [0.05, 0.1) is 4.47 Å². The van der Waals surface area contributed by atoms with Crippen LogP contribution in [0.15, 0.2) is 22.7 Å². The summed E-state index contributed by atoms with van der Waals surface area (Å²) in [5.74, 6) is 0.955.